The molecule has 0 radical (unpaired) electrons. The maximum atomic E-state index is 10.0. The number of nitrogens with zero attached hydrogens (tertiary/aromatic N) is 4. The zero-order chi connectivity index (χ0) is 19.1. The molecule has 0 unspecified atom stereocenters. The van der Waals surface area contributed by atoms with Crippen molar-refractivity contribution in [1.29, 1.82) is 0 Å². The predicted molar refractivity (Wildman–Crippen MR) is 107 cm³/mol. The minimum absolute atomic E-state index is 0.376. The Morgan fingerprint density at radius 3 is 2.63 bits per heavy atom. The third-order valence-electron chi connectivity index (χ3n) is 5.48. The number of hydrogen-bond acceptors (Lipinski definition) is 5. The van der Waals surface area contributed by atoms with Gasteiger partial charge in [-0.25, -0.2) is 4.98 Å². The average Bonchev–Trinajstić information content (AvgIpc) is 3.01. The van der Waals surface area contributed by atoms with E-state index in [0.717, 1.165) is 60.6 Å². The fourth-order valence-corrected chi connectivity index (χ4v) is 4.18. The Morgan fingerprint density at radius 1 is 1.15 bits per heavy atom. The third kappa shape index (κ3) is 3.49. The Kier molecular flexibility index (Phi) is 4.52. The van der Waals surface area contributed by atoms with Crippen molar-refractivity contribution in [2.75, 3.05) is 18.8 Å². The number of nitrogen functional groups attached to an aromatic ring is 1. The summed E-state index contributed by atoms with van der Waals surface area (Å²) >= 11 is 0. The molecule has 3 heterocycles. The maximum Gasteiger partial charge on any atom is 0.157 e. The van der Waals surface area contributed by atoms with Crippen molar-refractivity contribution >= 4 is 11.5 Å². The SMILES string of the molecule is Cc1cc2nc([C@H]3CCCN(Cc4cc(C)c(O)c(C)c4)C3)cc(N)n2n1. The van der Waals surface area contributed by atoms with Crippen molar-refractivity contribution in [3.63, 3.8) is 0 Å². The summed E-state index contributed by atoms with van der Waals surface area (Å²) in [5, 5.41) is 14.4. The number of likely N-dealkylation sites (tertiary alicyclic amines) is 1. The Bertz CT molecular complexity index is 971. The summed E-state index contributed by atoms with van der Waals surface area (Å²) in [5.41, 5.74) is 12.1. The van der Waals surface area contributed by atoms with Crippen molar-refractivity contribution in [1.82, 2.24) is 19.5 Å². The molecule has 1 aromatic carbocycles. The van der Waals surface area contributed by atoms with E-state index in [1.165, 1.54) is 5.56 Å². The molecule has 0 spiro atoms. The molecule has 0 bridgehead atoms. The second kappa shape index (κ2) is 6.85. The average molecular weight is 365 g/mol. The van der Waals surface area contributed by atoms with Crippen LogP contribution in [-0.4, -0.2) is 37.7 Å². The first-order valence-corrected chi connectivity index (χ1v) is 9.55. The number of fused-ring (bicyclic) bond motifs is 1. The van der Waals surface area contributed by atoms with Gasteiger partial charge in [-0.1, -0.05) is 12.1 Å². The molecule has 0 aliphatic carbocycles. The lowest BCUT2D eigenvalue weighted by Gasteiger charge is -2.32. The van der Waals surface area contributed by atoms with Crippen molar-refractivity contribution in [3.8, 4) is 5.75 Å². The number of piperidine rings is 1. The molecular weight excluding hydrogens is 338 g/mol. The largest absolute Gasteiger partial charge is 0.507 e. The van der Waals surface area contributed by atoms with Gasteiger partial charge in [-0.3, -0.25) is 4.90 Å². The smallest absolute Gasteiger partial charge is 0.157 e. The molecule has 1 saturated heterocycles. The molecule has 3 aromatic rings. The van der Waals surface area contributed by atoms with Crippen LogP contribution in [0.1, 0.15) is 46.8 Å². The molecule has 0 saturated carbocycles. The summed E-state index contributed by atoms with van der Waals surface area (Å²) in [6, 6.07) is 8.12. The zero-order valence-corrected chi connectivity index (χ0v) is 16.2. The van der Waals surface area contributed by atoms with E-state index in [-0.39, 0.29) is 0 Å². The minimum atomic E-state index is 0.376. The highest BCUT2D eigenvalue weighted by atomic mass is 16.3. The Labute approximate surface area is 159 Å². The van der Waals surface area contributed by atoms with Gasteiger partial charge in [0, 0.05) is 31.1 Å². The first-order chi connectivity index (χ1) is 12.9. The van der Waals surface area contributed by atoms with Crippen LogP contribution >= 0.6 is 0 Å². The molecule has 1 aliphatic rings. The molecule has 6 heteroatoms. The molecule has 142 valence electrons. The number of aromatic nitrogens is 3. The van der Waals surface area contributed by atoms with Crippen LogP contribution in [0.5, 0.6) is 5.75 Å². The lowest BCUT2D eigenvalue weighted by Crippen LogP contribution is -2.34. The van der Waals surface area contributed by atoms with Gasteiger partial charge in [0.1, 0.15) is 11.6 Å². The van der Waals surface area contributed by atoms with Crippen LogP contribution in [0.4, 0.5) is 5.82 Å². The zero-order valence-electron chi connectivity index (χ0n) is 16.2. The number of rotatable bonds is 3. The van der Waals surface area contributed by atoms with Gasteiger partial charge in [0.15, 0.2) is 5.65 Å². The van der Waals surface area contributed by atoms with E-state index < -0.39 is 0 Å². The lowest BCUT2D eigenvalue weighted by atomic mass is 9.93. The van der Waals surface area contributed by atoms with E-state index in [1.807, 2.05) is 32.9 Å². The Hall–Kier alpha value is -2.60. The topological polar surface area (TPSA) is 79.7 Å². The van der Waals surface area contributed by atoms with Gasteiger partial charge < -0.3 is 10.8 Å². The van der Waals surface area contributed by atoms with Gasteiger partial charge in [-0.05, 0) is 56.8 Å². The molecule has 27 heavy (non-hydrogen) atoms. The van der Waals surface area contributed by atoms with Crippen LogP contribution in [0.2, 0.25) is 0 Å². The predicted octanol–water partition coefficient (Wildman–Crippen LogP) is 3.32. The second-order valence-electron chi connectivity index (χ2n) is 7.81. The van der Waals surface area contributed by atoms with E-state index in [0.29, 0.717) is 17.5 Å². The highest BCUT2D eigenvalue weighted by Gasteiger charge is 2.24. The molecule has 1 aliphatic heterocycles. The van der Waals surface area contributed by atoms with Gasteiger partial charge >= 0.3 is 0 Å². The molecule has 0 amide bonds. The number of phenols is 1. The van der Waals surface area contributed by atoms with Gasteiger partial charge in [0.25, 0.3) is 0 Å². The summed E-state index contributed by atoms with van der Waals surface area (Å²) in [6.45, 7) is 8.81. The Balaban J connectivity index is 1.54. The summed E-state index contributed by atoms with van der Waals surface area (Å²) in [4.78, 5) is 7.30. The quantitative estimate of drug-likeness (QED) is 0.744. The van der Waals surface area contributed by atoms with E-state index in [1.54, 1.807) is 4.52 Å². The Morgan fingerprint density at radius 2 is 1.89 bits per heavy atom. The molecule has 1 atom stereocenters. The normalized spacial score (nSPS) is 18.3. The van der Waals surface area contributed by atoms with E-state index in [9.17, 15) is 5.11 Å². The monoisotopic (exact) mass is 365 g/mol. The van der Waals surface area contributed by atoms with Crippen molar-refractivity contribution < 1.29 is 5.11 Å². The minimum Gasteiger partial charge on any atom is -0.507 e. The van der Waals surface area contributed by atoms with Crippen molar-refractivity contribution in [2.45, 2.75) is 46.1 Å². The first-order valence-electron chi connectivity index (χ1n) is 9.55. The van der Waals surface area contributed by atoms with Crippen molar-refractivity contribution in [3.05, 3.63) is 52.3 Å². The van der Waals surface area contributed by atoms with E-state index in [4.69, 9.17) is 10.7 Å². The van der Waals surface area contributed by atoms with Crippen LogP contribution in [0, 0.1) is 20.8 Å². The van der Waals surface area contributed by atoms with Crippen LogP contribution < -0.4 is 5.73 Å². The summed E-state index contributed by atoms with van der Waals surface area (Å²) in [7, 11) is 0. The van der Waals surface area contributed by atoms with Gasteiger partial charge in [-0.15, -0.1) is 0 Å². The number of aryl methyl sites for hydroxylation is 3. The third-order valence-corrected chi connectivity index (χ3v) is 5.48. The molecule has 4 rings (SSSR count). The number of aromatic hydroxyl groups is 1. The number of nitrogens with two attached hydrogens (primary N) is 1. The summed E-state index contributed by atoms with van der Waals surface area (Å²) in [6.07, 6.45) is 2.27. The lowest BCUT2D eigenvalue weighted by molar-refractivity contribution is 0.198. The molecule has 3 N–H and O–H groups in total. The van der Waals surface area contributed by atoms with Gasteiger partial charge in [-0.2, -0.15) is 9.61 Å². The highest BCUT2D eigenvalue weighted by Crippen LogP contribution is 2.29. The molecule has 2 aromatic heterocycles. The van der Waals surface area contributed by atoms with Gasteiger partial charge in [0.05, 0.1) is 11.4 Å². The summed E-state index contributed by atoms with van der Waals surface area (Å²) < 4.78 is 1.71. The molecule has 6 nitrogen and oxygen atoms in total. The maximum absolute atomic E-state index is 10.0. The highest BCUT2D eigenvalue weighted by molar-refractivity contribution is 5.48. The van der Waals surface area contributed by atoms with E-state index in [2.05, 4.69) is 22.1 Å². The van der Waals surface area contributed by atoms with Crippen molar-refractivity contribution in [2.24, 2.45) is 0 Å². The first kappa shape index (κ1) is 17.8. The fraction of sp³-hybridized carbons (Fsp3) is 0.429. The number of phenolic OH excluding ortho intramolecular Hbond substituents is 1. The fourth-order valence-electron chi connectivity index (χ4n) is 4.18. The summed E-state index contributed by atoms with van der Waals surface area (Å²) in [5.74, 6) is 1.42. The van der Waals surface area contributed by atoms with Crippen LogP contribution in [0.15, 0.2) is 24.3 Å². The number of benzene rings is 1. The van der Waals surface area contributed by atoms with Crippen LogP contribution in [0.25, 0.3) is 5.65 Å². The van der Waals surface area contributed by atoms with Crippen LogP contribution in [-0.2, 0) is 6.54 Å². The number of hydrogen-bond donors (Lipinski definition) is 2. The second-order valence-corrected chi connectivity index (χ2v) is 7.81. The molecule has 1 fully saturated rings. The van der Waals surface area contributed by atoms with E-state index >= 15 is 0 Å². The molecular formula is C21H27N5O. The standard InChI is InChI=1S/C21H27N5O/c1-13-7-16(8-14(2)21(13)27)11-25-6-4-5-17(12-25)18-10-19(22)26-20(23-18)9-15(3)24-26/h7-10,17,27H,4-6,11-12,22H2,1-3H3/t17-/m0/s1. The van der Waals surface area contributed by atoms with Gasteiger partial charge in [0.2, 0.25) is 0 Å². The number of anilines is 1. The van der Waals surface area contributed by atoms with Crippen LogP contribution in [0.3, 0.4) is 0 Å².